The maximum absolute atomic E-state index is 12.4. The Morgan fingerprint density at radius 3 is 2.31 bits per heavy atom. The van der Waals surface area contributed by atoms with Gasteiger partial charge in [-0.25, -0.2) is 0 Å². The molecule has 26 heavy (non-hydrogen) atoms. The highest BCUT2D eigenvalue weighted by Crippen LogP contribution is 2.22. The summed E-state index contributed by atoms with van der Waals surface area (Å²) in [5, 5.41) is 0. The van der Waals surface area contributed by atoms with Crippen LogP contribution in [-0.2, 0) is 13.0 Å². The molecule has 0 saturated heterocycles. The molecule has 0 spiro atoms. The topological polar surface area (TPSA) is 39.1 Å². The molecule has 1 heterocycles. The van der Waals surface area contributed by atoms with Gasteiger partial charge in [0.1, 0.15) is 0 Å². The molecule has 4 rings (SSSR count). The molecule has 0 N–H and O–H groups in total. The number of benzene rings is 2. The molecule has 0 unspecified atom stereocenters. The minimum Gasteiger partial charge on any atom is -0.346 e. The lowest BCUT2D eigenvalue weighted by atomic mass is 9.92. The maximum Gasteiger partial charge on any atom is 0.195 e. The average molecular weight is 343 g/mol. The van der Waals surface area contributed by atoms with E-state index in [9.17, 15) is 9.59 Å². The summed E-state index contributed by atoms with van der Waals surface area (Å²) in [6.07, 6.45) is 3.99. The third kappa shape index (κ3) is 3.01. The first kappa shape index (κ1) is 16.5. The molecule has 0 bridgehead atoms. The Balaban J connectivity index is 1.68. The van der Waals surface area contributed by atoms with Gasteiger partial charge in [-0.1, -0.05) is 54.6 Å². The van der Waals surface area contributed by atoms with Crippen LogP contribution in [0.2, 0.25) is 0 Å². The summed E-state index contributed by atoms with van der Waals surface area (Å²) in [6.45, 7) is 2.46. The molecule has 0 atom stereocenters. The van der Waals surface area contributed by atoms with Gasteiger partial charge in [-0.3, -0.25) is 9.59 Å². The van der Waals surface area contributed by atoms with E-state index in [1.54, 1.807) is 6.92 Å². The molecule has 1 aliphatic carbocycles. The van der Waals surface area contributed by atoms with Crippen molar-refractivity contribution in [2.45, 2.75) is 32.7 Å². The van der Waals surface area contributed by atoms with Crippen LogP contribution in [0.1, 0.15) is 40.0 Å². The van der Waals surface area contributed by atoms with Crippen LogP contribution in [0.4, 0.5) is 0 Å². The lowest BCUT2D eigenvalue weighted by molar-refractivity contribution is 0.0969. The molecule has 130 valence electrons. The molecule has 3 nitrogen and oxygen atoms in total. The lowest BCUT2D eigenvalue weighted by Gasteiger charge is -2.21. The highest BCUT2D eigenvalue weighted by atomic mass is 16.1. The molecular formula is C23H21NO2. The SMILES string of the molecule is Cc1cn(Cc2ccc(-c3ccccc3)cc2)c2c(c1=O)C(=O)CCC2. The van der Waals surface area contributed by atoms with Gasteiger partial charge in [0.05, 0.1) is 5.56 Å². The van der Waals surface area contributed by atoms with Crippen LogP contribution in [0.5, 0.6) is 0 Å². The number of carbonyl (C=O) groups is 1. The quantitative estimate of drug-likeness (QED) is 0.707. The van der Waals surface area contributed by atoms with Gasteiger partial charge in [0.25, 0.3) is 0 Å². The fourth-order valence-electron chi connectivity index (χ4n) is 3.71. The van der Waals surface area contributed by atoms with Crippen molar-refractivity contribution in [3.05, 3.63) is 93.4 Å². The maximum atomic E-state index is 12.4. The number of nitrogens with zero attached hydrogens (tertiary/aromatic N) is 1. The Morgan fingerprint density at radius 2 is 1.58 bits per heavy atom. The standard InChI is InChI=1S/C23H21NO2/c1-16-14-24(20-8-5-9-21(25)22(20)23(16)26)15-17-10-12-19(13-11-17)18-6-3-2-4-7-18/h2-4,6-7,10-14H,5,8-9,15H2,1H3. The predicted molar refractivity (Wildman–Crippen MR) is 104 cm³/mol. The zero-order valence-corrected chi connectivity index (χ0v) is 14.9. The molecule has 0 aliphatic heterocycles. The molecule has 1 aliphatic rings. The number of aromatic nitrogens is 1. The van der Waals surface area contributed by atoms with Crippen molar-refractivity contribution in [3.63, 3.8) is 0 Å². The van der Waals surface area contributed by atoms with Gasteiger partial charge in [0.15, 0.2) is 11.2 Å². The zero-order chi connectivity index (χ0) is 18.1. The molecule has 0 fully saturated rings. The van der Waals surface area contributed by atoms with Crippen molar-refractivity contribution in [1.82, 2.24) is 4.57 Å². The zero-order valence-electron chi connectivity index (χ0n) is 14.9. The number of ketones is 1. The van der Waals surface area contributed by atoms with Crippen LogP contribution in [0.3, 0.4) is 0 Å². The molecular weight excluding hydrogens is 322 g/mol. The van der Waals surface area contributed by atoms with Crippen molar-refractivity contribution in [3.8, 4) is 11.1 Å². The van der Waals surface area contributed by atoms with Gasteiger partial charge in [-0.05, 0) is 36.5 Å². The smallest absolute Gasteiger partial charge is 0.195 e. The van der Waals surface area contributed by atoms with Crippen molar-refractivity contribution >= 4 is 5.78 Å². The minimum absolute atomic E-state index is 0.00637. The van der Waals surface area contributed by atoms with E-state index in [1.807, 2.05) is 24.4 Å². The Labute approximate surface area is 152 Å². The summed E-state index contributed by atoms with van der Waals surface area (Å²) in [5.74, 6) is -0.00637. The normalized spacial score (nSPS) is 13.5. The summed E-state index contributed by atoms with van der Waals surface area (Å²) in [4.78, 5) is 24.6. The Bertz CT molecular complexity index is 1010. The third-order valence-corrected chi connectivity index (χ3v) is 5.08. The molecule has 0 saturated carbocycles. The Morgan fingerprint density at radius 1 is 0.885 bits per heavy atom. The van der Waals surface area contributed by atoms with Crippen LogP contribution in [0.15, 0.2) is 65.6 Å². The summed E-state index contributed by atoms with van der Waals surface area (Å²) in [5.41, 5.74) is 5.39. The number of carbonyl (C=O) groups excluding carboxylic acids is 1. The van der Waals surface area contributed by atoms with Crippen molar-refractivity contribution in [1.29, 1.82) is 0 Å². The van der Waals surface area contributed by atoms with Gasteiger partial charge in [0.2, 0.25) is 0 Å². The number of pyridine rings is 1. The fraction of sp³-hybridized carbons (Fsp3) is 0.217. The van der Waals surface area contributed by atoms with Gasteiger partial charge >= 0.3 is 0 Å². The van der Waals surface area contributed by atoms with Crippen LogP contribution in [-0.4, -0.2) is 10.4 Å². The van der Waals surface area contributed by atoms with Crippen LogP contribution < -0.4 is 5.43 Å². The van der Waals surface area contributed by atoms with Crippen LogP contribution in [0, 0.1) is 6.92 Å². The number of Topliss-reactive ketones (excluding diaryl/α,β-unsaturated/α-hetero) is 1. The van der Waals surface area contributed by atoms with E-state index in [-0.39, 0.29) is 11.2 Å². The molecule has 0 radical (unpaired) electrons. The number of hydrogen-bond donors (Lipinski definition) is 0. The number of fused-ring (bicyclic) bond motifs is 1. The van der Waals surface area contributed by atoms with Gasteiger partial charge in [-0.15, -0.1) is 0 Å². The van der Waals surface area contributed by atoms with Gasteiger partial charge in [-0.2, -0.15) is 0 Å². The van der Waals surface area contributed by atoms with Gasteiger partial charge in [0, 0.05) is 30.4 Å². The van der Waals surface area contributed by atoms with E-state index in [0.29, 0.717) is 24.1 Å². The molecule has 3 aromatic rings. The fourth-order valence-corrected chi connectivity index (χ4v) is 3.71. The van der Waals surface area contributed by atoms with E-state index in [1.165, 1.54) is 11.1 Å². The van der Waals surface area contributed by atoms with E-state index < -0.39 is 0 Å². The lowest BCUT2D eigenvalue weighted by Crippen LogP contribution is -2.28. The van der Waals surface area contributed by atoms with Crippen molar-refractivity contribution in [2.75, 3.05) is 0 Å². The van der Waals surface area contributed by atoms with Crippen LogP contribution >= 0.6 is 0 Å². The summed E-state index contributed by atoms with van der Waals surface area (Å²) in [6, 6.07) is 18.8. The molecule has 3 heteroatoms. The first-order valence-corrected chi connectivity index (χ1v) is 9.04. The van der Waals surface area contributed by atoms with E-state index in [0.717, 1.165) is 24.1 Å². The Hall–Kier alpha value is -2.94. The first-order valence-electron chi connectivity index (χ1n) is 9.04. The predicted octanol–water partition coefficient (Wildman–Crippen LogP) is 4.39. The summed E-state index contributed by atoms with van der Waals surface area (Å²) < 4.78 is 2.08. The van der Waals surface area contributed by atoms with E-state index in [4.69, 9.17) is 0 Å². The Kier molecular flexibility index (Phi) is 4.29. The highest BCUT2D eigenvalue weighted by molar-refractivity contribution is 5.98. The van der Waals surface area contributed by atoms with E-state index in [2.05, 4.69) is 41.0 Å². The van der Waals surface area contributed by atoms with Gasteiger partial charge < -0.3 is 4.57 Å². The number of hydrogen-bond acceptors (Lipinski definition) is 2. The molecule has 2 aromatic carbocycles. The second kappa shape index (κ2) is 6.75. The summed E-state index contributed by atoms with van der Waals surface area (Å²) >= 11 is 0. The van der Waals surface area contributed by atoms with Crippen molar-refractivity contribution in [2.24, 2.45) is 0 Å². The number of rotatable bonds is 3. The second-order valence-electron chi connectivity index (χ2n) is 6.93. The second-order valence-corrected chi connectivity index (χ2v) is 6.93. The molecule has 1 aromatic heterocycles. The van der Waals surface area contributed by atoms with E-state index >= 15 is 0 Å². The molecule has 0 amide bonds. The largest absolute Gasteiger partial charge is 0.346 e. The number of aryl methyl sites for hydroxylation is 1. The third-order valence-electron chi connectivity index (χ3n) is 5.08. The average Bonchev–Trinajstić information content (AvgIpc) is 2.67. The highest BCUT2D eigenvalue weighted by Gasteiger charge is 2.23. The summed E-state index contributed by atoms with van der Waals surface area (Å²) in [7, 11) is 0. The first-order chi connectivity index (χ1) is 12.6. The van der Waals surface area contributed by atoms with Crippen LogP contribution in [0.25, 0.3) is 11.1 Å². The minimum atomic E-state index is -0.0969. The van der Waals surface area contributed by atoms with Crippen molar-refractivity contribution < 1.29 is 4.79 Å². The monoisotopic (exact) mass is 343 g/mol.